The molecule has 4 nitrogen and oxygen atoms in total. The van der Waals surface area contributed by atoms with Gasteiger partial charge in [-0.1, -0.05) is 32.9 Å². The van der Waals surface area contributed by atoms with Crippen LogP contribution in [-0.2, 0) is 10.4 Å². The maximum absolute atomic E-state index is 14.6. The van der Waals surface area contributed by atoms with Gasteiger partial charge in [0.05, 0.1) is 5.92 Å². The SMILES string of the molecule is CCN1C[C@@H](C(=O)N2C[C@@H](C)C(O)(c3ccc(F)cc3F)[C@@H](C)C2)[C@H](c2ccc(F)cc2F)C1.Cl. The van der Waals surface area contributed by atoms with Crippen LogP contribution in [0.3, 0.4) is 0 Å². The predicted molar refractivity (Wildman–Crippen MR) is 127 cm³/mol. The molecule has 0 saturated carbocycles. The van der Waals surface area contributed by atoms with Gasteiger partial charge < -0.3 is 14.9 Å². The van der Waals surface area contributed by atoms with Crippen molar-refractivity contribution in [1.82, 2.24) is 9.80 Å². The Kier molecular flexibility index (Phi) is 8.19. The third-order valence-corrected chi connectivity index (χ3v) is 7.69. The number of rotatable bonds is 4. The highest BCUT2D eigenvalue weighted by Gasteiger charge is 2.50. The summed E-state index contributed by atoms with van der Waals surface area (Å²) in [6.45, 7) is 7.43. The minimum absolute atomic E-state index is 0. The van der Waals surface area contributed by atoms with E-state index in [1.165, 1.54) is 18.2 Å². The molecule has 2 fully saturated rings. The van der Waals surface area contributed by atoms with Crippen LogP contribution < -0.4 is 0 Å². The van der Waals surface area contributed by atoms with E-state index in [4.69, 9.17) is 0 Å². The van der Waals surface area contributed by atoms with Crippen molar-refractivity contribution in [3.63, 3.8) is 0 Å². The van der Waals surface area contributed by atoms with Crippen LogP contribution in [0.2, 0.25) is 0 Å². The van der Waals surface area contributed by atoms with Gasteiger partial charge in [-0.15, -0.1) is 12.4 Å². The van der Waals surface area contributed by atoms with Gasteiger partial charge in [-0.3, -0.25) is 4.79 Å². The van der Waals surface area contributed by atoms with Gasteiger partial charge in [0.25, 0.3) is 0 Å². The molecular formula is C26H31ClF4N2O2. The Balaban J connectivity index is 0.00000342. The first-order chi connectivity index (χ1) is 16.1. The van der Waals surface area contributed by atoms with Crippen LogP contribution in [0.4, 0.5) is 17.6 Å². The number of aliphatic hydroxyl groups is 1. The highest BCUT2D eigenvalue weighted by Crippen LogP contribution is 2.44. The number of amides is 1. The number of piperidine rings is 1. The Morgan fingerprint density at radius 1 is 0.943 bits per heavy atom. The molecule has 1 unspecified atom stereocenters. The van der Waals surface area contributed by atoms with Gasteiger partial charge >= 0.3 is 0 Å². The van der Waals surface area contributed by atoms with Crippen LogP contribution in [0.25, 0.3) is 0 Å². The van der Waals surface area contributed by atoms with E-state index in [-0.39, 0.29) is 37.0 Å². The first kappa shape index (κ1) is 27.4. The van der Waals surface area contributed by atoms with Crippen molar-refractivity contribution in [2.24, 2.45) is 17.8 Å². The molecule has 0 radical (unpaired) electrons. The standard InChI is InChI=1S/C26H30F4N2O2.ClH/c1-4-31-13-20(19-7-5-17(27)9-23(19)29)21(14-31)25(33)32-11-15(2)26(34,16(3)12-32)22-8-6-18(28)10-24(22)30;/h5-10,15-16,20-21,34H,4,11-14H2,1-3H3;1H/t15-,16+,20-,21+,26?;/m0./s1. The maximum Gasteiger partial charge on any atom is 0.227 e. The highest BCUT2D eigenvalue weighted by atomic mass is 35.5. The van der Waals surface area contributed by atoms with E-state index in [9.17, 15) is 27.5 Å². The molecule has 2 aliphatic rings. The predicted octanol–water partition coefficient (Wildman–Crippen LogP) is 4.70. The molecule has 0 spiro atoms. The number of benzene rings is 2. The first-order valence-corrected chi connectivity index (χ1v) is 11.7. The maximum atomic E-state index is 14.6. The fourth-order valence-electron chi connectivity index (χ4n) is 5.77. The molecule has 35 heavy (non-hydrogen) atoms. The second kappa shape index (κ2) is 10.4. The number of hydrogen-bond acceptors (Lipinski definition) is 3. The van der Waals surface area contributed by atoms with E-state index in [0.29, 0.717) is 25.2 Å². The number of likely N-dealkylation sites (N-methyl/N-ethyl adjacent to an activating group) is 1. The third kappa shape index (κ3) is 4.93. The van der Waals surface area contributed by atoms with Crippen molar-refractivity contribution in [2.45, 2.75) is 32.3 Å². The fourth-order valence-corrected chi connectivity index (χ4v) is 5.77. The third-order valence-electron chi connectivity index (χ3n) is 7.69. The molecule has 5 atom stereocenters. The minimum Gasteiger partial charge on any atom is -0.384 e. The Hall–Kier alpha value is -2.16. The van der Waals surface area contributed by atoms with Crippen LogP contribution in [0, 0.1) is 41.0 Å². The Bertz CT molecular complexity index is 1070. The molecule has 2 aromatic rings. The number of likely N-dealkylation sites (tertiary alicyclic amines) is 2. The van der Waals surface area contributed by atoms with E-state index in [1.54, 1.807) is 18.7 Å². The molecule has 9 heteroatoms. The van der Waals surface area contributed by atoms with E-state index < -0.39 is 52.5 Å². The van der Waals surface area contributed by atoms with E-state index >= 15 is 0 Å². The molecule has 4 rings (SSSR count). The molecule has 192 valence electrons. The zero-order valence-corrected chi connectivity index (χ0v) is 20.8. The molecular weight excluding hydrogens is 484 g/mol. The normalized spacial score (nSPS) is 29.2. The first-order valence-electron chi connectivity index (χ1n) is 11.7. The topological polar surface area (TPSA) is 43.8 Å². The summed E-state index contributed by atoms with van der Waals surface area (Å²) in [5.41, 5.74) is -1.23. The molecule has 0 aromatic heterocycles. The molecule has 2 aromatic carbocycles. The quantitative estimate of drug-likeness (QED) is 0.601. The zero-order valence-electron chi connectivity index (χ0n) is 20.0. The highest BCUT2D eigenvalue weighted by molar-refractivity contribution is 5.85. The summed E-state index contributed by atoms with van der Waals surface area (Å²) in [4.78, 5) is 17.4. The Morgan fingerprint density at radius 2 is 1.51 bits per heavy atom. The largest absolute Gasteiger partial charge is 0.384 e. The van der Waals surface area contributed by atoms with Gasteiger partial charge in [-0.25, -0.2) is 17.6 Å². The lowest BCUT2D eigenvalue weighted by Gasteiger charge is -2.48. The molecule has 1 amide bonds. The van der Waals surface area contributed by atoms with Crippen molar-refractivity contribution in [3.8, 4) is 0 Å². The van der Waals surface area contributed by atoms with Gasteiger partial charge in [0, 0.05) is 61.6 Å². The second-order valence-corrected chi connectivity index (χ2v) is 9.73. The van der Waals surface area contributed by atoms with Crippen LogP contribution in [0.5, 0.6) is 0 Å². The lowest BCUT2D eigenvalue weighted by Crippen LogP contribution is -2.57. The number of hydrogen-bond donors (Lipinski definition) is 1. The van der Waals surface area contributed by atoms with Gasteiger partial charge in [-0.2, -0.15) is 0 Å². The van der Waals surface area contributed by atoms with E-state index in [2.05, 4.69) is 4.90 Å². The summed E-state index contributed by atoms with van der Waals surface area (Å²) < 4.78 is 56.1. The van der Waals surface area contributed by atoms with Crippen LogP contribution in [-0.4, -0.2) is 53.5 Å². The summed E-state index contributed by atoms with van der Waals surface area (Å²) >= 11 is 0. The zero-order chi connectivity index (χ0) is 24.8. The van der Waals surface area contributed by atoms with E-state index in [1.807, 2.05) is 6.92 Å². The second-order valence-electron chi connectivity index (χ2n) is 9.73. The van der Waals surface area contributed by atoms with Crippen molar-refractivity contribution in [3.05, 3.63) is 70.8 Å². The van der Waals surface area contributed by atoms with Crippen molar-refractivity contribution < 1.29 is 27.5 Å². The summed E-state index contributed by atoms with van der Waals surface area (Å²) in [5, 5.41) is 11.5. The average Bonchev–Trinajstić information content (AvgIpc) is 3.20. The van der Waals surface area contributed by atoms with E-state index in [0.717, 1.165) is 18.2 Å². The molecule has 0 bridgehead atoms. The summed E-state index contributed by atoms with van der Waals surface area (Å²) in [5.74, 6) is -5.02. The van der Waals surface area contributed by atoms with Crippen LogP contribution in [0.1, 0.15) is 37.8 Å². The minimum atomic E-state index is -1.57. The summed E-state index contributed by atoms with van der Waals surface area (Å²) in [6.07, 6.45) is 0. The lowest BCUT2D eigenvalue weighted by molar-refractivity contribution is -0.153. The molecule has 0 aliphatic carbocycles. The number of nitrogens with zero attached hydrogens (tertiary/aromatic N) is 2. The van der Waals surface area contributed by atoms with Crippen LogP contribution in [0.15, 0.2) is 36.4 Å². The van der Waals surface area contributed by atoms with Crippen molar-refractivity contribution in [1.29, 1.82) is 0 Å². The molecule has 2 heterocycles. The molecule has 2 saturated heterocycles. The number of carbonyl (C=O) groups excluding carboxylic acids is 1. The van der Waals surface area contributed by atoms with Gasteiger partial charge in [-0.05, 0) is 24.2 Å². The smallest absolute Gasteiger partial charge is 0.227 e. The van der Waals surface area contributed by atoms with Gasteiger partial charge in [0.15, 0.2) is 0 Å². The lowest BCUT2D eigenvalue weighted by atomic mass is 9.70. The van der Waals surface area contributed by atoms with Gasteiger partial charge in [0.2, 0.25) is 5.91 Å². The fraction of sp³-hybridized carbons (Fsp3) is 0.500. The monoisotopic (exact) mass is 514 g/mol. The summed E-state index contributed by atoms with van der Waals surface area (Å²) in [7, 11) is 0. The van der Waals surface area contributed by atoms with Gasteiger partial charge in [0.1, 0.15) is 28.9 Å². The van der Waals surface area contributed by atoms with Crippen molar-refractivity contribution >= 4 is 18.3 Å². The number of carbonyl (C=O) groups is 1. The Labute approximate surface area is 209 Å². The average molecular weight is 515 g/mol. The molecule has 1 N–H and O–H groups in total. The Morgan fingerprint density at radius 3 is 2.06 bits per heavy atom. The van der Waals surface area contributed by atoms with Crippen molar-refractivity contribution in [2.75, 3.05) is 32.7 Å². The summed E-state index contributed by atoms with van der Waals surface area (Å²) in [6, 6.07) is 6.59. The molecule has 2 aliphatic heterocycles. The number of halogens is 5. The van der Waals surface area contributed by atoms with Crippen LogP contribution >= 0.6 is 12.4 Å².